The highest BCUT2D eigenvalue weighted by atomic mass is 32.2. The molecule has 3 rings (SSSR count). The highest BCUT2D eigenvalue weighted by molar-refractivity contribution is 7.92. The van der Waals surface area contributed by atoms with Crippen molar-refractivity contribution in [2.24, 2.45) is 0 Å². The largest absolute Gasteiger partial charge is 0.454 e. The van der Waals surface area contributed by atoms with Crippen LogP contribution in [-0.4, -0.2) is 42.3 Å². The number of fused-ring (bicyclic) bond motifs is 1. The van der Waals surface area contributed by atoms with E-state index in [1.165, 1.54) is 42.1 Å². The number of aryl methyl sites for hydroxylation is 1. The molecule has 0 bridgehead atoms. The van der Waals surface area contributed by atoms with Crippen LogP contribution in [0.3, 0.4) is 0 Å². The number of nitrogens with one attached hydrogen (secondary N) is 1. The van der Waals surface area contributed by atoms with E-state index >= 15 is 0 Å². The second kappa shape index (κ2) is 9.09. The predicted octanol–water partition coefficient (Wildman–Crippen LogP) is 1.97. The van der Waals surface area contributed by atoms with Crippen LogP contribution in [-0.2, 0) is 26.1 Å². The molecule has 0 aliphatic carbocycles. The van der Waals surface area contributed by atoms with E-state index in [-0.39, 0.29) is 24.0 Å². The Kier molecular flexibility index (Phi) is 6.50. The molecule has 162 valence electrons. The Morgan fingerprint density at radius 3 is 2.48 bits per heavy atom. The first-order valence-corrected chi connectivity index (χ1v) is 11.3. The van der Waals surface area contributed by atoms with Crippen LogP contribution >= 0.6 is 0 Å². The van der Waals surface area contributed by atoms with Gasteiger partial charge in [-0.1, -0.05) is 12.1 Å². The summed E-state index contributed by atoms with van der Waals surface area (Å²) in [6, 6.07) is 12.8. The Hall–Kier alpha value is -3.53. The average molecular weight is 443 g/mol. The molecule has 2 aromatic carbocycles. The van der Waals surface area contributed by atoms with Crippen LogP contribution in [0.1, 0.15) is 23.7 Å². The van der Waals surface area contributed by atoms with Crippen LogP contribution in [0.25, 0.3) is 10.9 Å². The molecule has 10 heteroatoms. The highest BCUT2D eigenvalue weighted by Crippen LogP contribution is 2.14. The van der Waals surface area contributed by atoms with Crippen molar-refractivity contribution in [1.82, 2.24) is 9.78 Å². The summed E-state index contributed by atoms with van der Waals surface area (Å²) in [5.74, 6) is -0.994. The summed E-state index contributed by atoms with van der Waals surface area (Å²) in [4.78, 5) is 36.6. The minimum atomic E-state index is -3.42. The molecule has 0 saturated heterocycles. The summed E-state index contributed by atoms with van der Waals surface area (Å²) in [6.07, 6.45) is 1.18. The van der Waals surface area contributed by atoms with E-state index in [1.54, 1.807) is 24.3 Å². The number of para-hydroxylation sites is 1. The summed E-state index contributed by atoms with van der Waals surface area (Å²) >= 11 is 0. The van der Waals surface area contributed by atoms with Gasteiger partial charge in [0.15, 0.2) is 6.10 Å². The van der Waals surface area contributed by atoms with Crippen molar-refractivity contribution < 1.29 is 22.7 Å². The van der Waals surface area contributed by atoms with E-state index in [2.05, 4.69) is 9.82 Å². The summed E-state index contributed by atoms with van der Waals surface area (Å²) in [5.41, 5.74) is 1.01. The van der Waals surface area contributed by atoms with E-state index in [0.717, 1.165) is 6.26 Å². The molecule has 0 saturated carbocycles. The van der Waals surface area contributed by atoms with Gasteiger partial charge < -0.3 is 4.74 Å². The third-order valence-corrected chi connectivity index (χ3v) is 5.05. The first kappa shape index (κ1) is 22.2. The quantitative estimate of drug-likeness (QED) is 0.417. The molecular weight excluding hydrogens is 422 g/mol. The van der Waals surface area contributed by atoms with Gasteiger partial charge in [-0.15, -0.1) is 0 Å². The van der Waals surface area contributed by atoms with Crippen molar-refractivity contribution >= 4 is 38.4 Å². The van der Waals surface area contributed by atoms with Crippen molar-refractivity contribution in [2.75, 3.05) is 11.0 Å². The van der Waals surface area contributed by atoms with Crippen LogP contribution in [0.5, 0.6) is 0 Å². The molecule has 1 N–H and O–H groups in total. The lowest BCUT2D eigenvalue weighted by Gasteiger charge is -2.14. The fourth-order valence-corrected chi connectivity index (χ4v) is 3.56. The molecule has 1 atom stereocenters. The van der Waals surface area contributed by atoms with E-state index in [9.17, 15) is 22.8 Å². The summed E-state index contributed by atoms with van der Waals surface area (Å²) in [6.45, 7) is 1.66. The third kappa shape index (κ3) is 5.76. The molecule has 0 fully saturated rings. The third-order valence-electron chi connectivity index (χ3n) is 4.44. The van der Waals surface area contributed by atoms with Gasteiger partial charge in [-0.05, 0) is 43.3 Å². The number of sulfonamides is 1. The molecule has 0 spiro atoms. The molecule has 3 aromatic rings. The number of nitrogens with zero attached hydrogens (tertiary/aromatic N) is 2. The number of hydrogen-bond acceptors (Lipinski definition) is 7. The first-order valence-electron chi connectivity index (χ1n) is 9.40. The van der Waals surface area contributed by atoms with E-state index < -0.39 is 27.9 Å². The molecule has 0 aliphatic rings. The molecule has 9 nitrogen and oxygen atoms in total. The van der Waals surface area contributed by atoms with Crippen molar-refractivity contribution in [1.29, 1.82) is 0 Å². The maximum atomic E-state index is 12.5. The number of ketones is 1. The highest BCUT2D eigenvalue weighted by Gasteiger charge is 2.20. The first-order chi connectivity index (χ1) is 14.6. The molecule has 0 amide bonds. The number of anilines is 1. The smallest absolute Gasteiger partial charge is 0.308 e. The maximum Gasteiger partial charge on any atom is 0.308 e. The van der Waals surface area contributed by atoms with Gasteiger partial charge in [0.2, 0.25) is 21.2 Å². The van der Waals surface area contributed by atoms with Crippen molar-refractivity contribution in [2.45, 2.75) is 26.0 Å². The zero-order valence-corrected chi connectivity index (χ0v) is 17.8. The number of esters is 1. The van der Waals surface area contributed by atoms with E-state index in [4.69, 9.17) is 4.74 Å². The maximum absolute atomic E-state index is 12.5. The lowest BCUT2D eigenvalue weighted by Crippen LogP contribution is -2.25. The van der Waals surface area contributed by atoms with Gasteiger partial charge in [-0.25, -0.2) is 8.42 Å². The van der Waals surface area contributed by atoms with Crippen molar-refractivity contribution in [3.63, 3.8) is 0 Å². The van der Waals surface area contributed by atoms with Gasteiger partial charge in [0.1, 0.15) is 0 Å². The van der Waals surface area contributed by atoms with Gasteiger partial charge in [0.25, 0.3) is 0 Å². The van der Waals surface area contributed by atoms with Gasteiger partial charge in [-0.3, -0.25) is 23.8 Å². The minimum Gasteiger partial charge on any atom is -0.454 e. The monoisotopic (exact) mass is 443 g/mol. The standard InChI is InChI=1S/C21H21N3O6S/c1-14(21(27)15-7-9-16(10-8-15)23-31(2,28)29)30-20(26)11-12-24-18-6-4-3-5-17(18)19(25)13-22-24/h3-10,13-14,23H,11-12H2,1-2H3/t14-/m1/s1. The predicted molar refractivity (Wildman–Crippen MR) is 115 cm³/mol. The average Bonchev–Trinajstić information content (AvgIpc) is 2.72. The number of hydrogen-bond donors (Lipinski definition) is 1. The molecule has 1 heterocycles. The number of aromatic nitrogens is 2. The Balaban J connectivity index is 1.60. The minimum absolute atomic E-state index is 0.0330. The second-order valence-corrected chi connectivity index (χ2v) is 8.70. The molecule has 0 aliphatic heterocycles. The molecular formula is C21H21N3O6S. The van der Waals surface area contributed by atoms with Gasteiger partial charge >= 0.3 is 5.97 Å². The number of carbonyl (C=O) groups is 2. The van der Waals surface area contributed by atoms with Crippen LogP contribution in [0.4, 0.5) is 5.69 Å². The van der Waals surface area contributed by atoms with Crippen LogP contribution in [0.2, 0.25) is 0 Å². The van der Waals surface area contributed by atoms with Crippen molar-refractivity contribution in [3.8, 4) is 0 Å². The molecule has 0 radical (unpaired) electrons. The van der Waals surface area contributed by atoms with Crippen LogP contribution < -0.4 is 10.2 Å². The van der Waals surface area contributed by atoms with Crippen LogP contribution in [0, 0.1) is 0 Å². The lowest BCUT2D eigenvalue weighted by atomic mass is 10.1. The Morgan fingerprint density at radius 1 is 1.13 bits per heavy atom. The Bertz CT molecular complexity index is 1280. The number of rotatable bonds is 8. The molecule has 0 unspecified atom stereocenters. The fraction of sp³-hybridized carbons (Fsp3) is 0.238. The van der Waals surface area contributed by atoms with E-state index in [0.29, 0.717) is 16.6 Å². The second-order valence-electron chi connectivity index (χ2n) is 6.95. The van der Waals surface area contributed by atoms with Gasteiger partial charge in [0.05, 0.1) is 30.9 Å². The van der Waals surface area contributed by atoms with Crippen molar-refractivity contribution in [3.05, 3.63) is 70.5 Å². The van der Waals surface area contributed by atoms with E-state index in [1.807, 2.05) is 0 Å². The Labute approximate surface area is 178 Å². The number of carbonyl (C=O) groups excluding carboxylic acids is 2. The topological polar surface area (TPSA) is 124 Å². The SMILES string of the molecule is C[C@@H](OC(=O)CCn1ncc(=O)c2ccccc21)C(=O)c1ccc(NS(C)(=O)=O)cc1. The number of Topliss-reactive ketones (excluding diaryl/α,β-unsaturated/α-hetero) is 1. The summed E-state index contributed by atoms with van der Waals surface area (Å²) in [7, 11) is -3.42. The zero-order chi connectivity index (χ0) is 22.6. The van der Waals surface area contributed by atoms with Gasteiger partial charge in [0, 0.05) is 16.6 Å². The summed E-state index contributed by atoms with van der Waals surface area (Å²) in [5, 5.41) is 4.56. The number of ether oxygens (including phenoxy) is 1. The zero-order valence-electron chi connectivity index (χ0n) is 16.9. The summed E-state index contributed by atoms with van der Waals surface area (Å²) < 4.78 is 31.6. The molecule has 1 aromatic heterocycles. The number of benzene rings is 2. The van der Waals surface area contributed by atoms with Crippen LogP contribution in [0.15, 0.2) is 59.5 Å². The Morgan fingerprint density at radius 2 is 1.81 bits per heavy atom. The lowest BCUT2D eigenvalue weighted by molar-refractivity contribution is -0.146. The van der Waals surface area contributed by atoms with Gasteiger partial charge in [-0.2, -0.15) is 5.10 Å². The molecule has 31 heavy (non-hydrogen) atoms. The fourth-order valence-electron chi connectivity index (χ4n) is 3.00. The normalized spacial score (nSPS) is 12.3.